The smallest absolute Gasteiger partial charge is 0.212 e. The lowest BCUT2D eigenvalue weighted by atomic mass is 9.70. The van der Waals surface area contributed by atoms with Crippen LogP contribution in [0.3, 0.4) is 0 Å². The fraction of sp³-hybridized carbons (Fsp3) is 0.650. The fourth-order valence-electron chi connectivity index (χ4n) is 4.87. The van der Waals surface area contributed by atoms with Crippen molar-refractivity contribution in [2.24, 2.45) is 16.7 Å². The Balaban J connectivity index is 1.64. The van der Waals surface area contributed by atoms with Crippen molar-refractivity contribution in [3.05, 3.63) is 23.8 Å². The zero-order valence-corrected chi connectivity index (χ0v) is 17.3. The van der Waals surface area contributed by atoms with Gasteiger partial charge in [0.05, 0.1) is 20.0 Å². The molecule has 1 aromatic rings. The molecule has 0 aromatic heterocycles. The van der Waals surface area contributed by atoms with E-state index in [1.807, 2.05) is 12.1 Å². The lowest BCUT2D eigenvalue weighted by molar-refractivity contribution is -0.128. The van der Waals surface area contributed by atoms with E-state index in [-0.39, 0.29) is 23.5 Å². The van der Waals surface area contributed by atoms with Gasteiger partial charge in [0.2, 0.25) is 10.0 Å². The number of ether oxygens (including phenoxy) is 2. The van der Waals surface area contributed by atoms with Crippen molar-refractivity contribution in [1.82, 2.24) is 4.72 Å². The van der Waals surface area contributed by atoms with Crippen molar-refractivity contribution in [3.63, 3.8) is 0 Å². The number of carbonyl (C=O) groups is 1. The number of sulfonamides is 1. The van der Waals surface area contributed by atoms with Crippen LogP contribution >= 0.6 is 0 Å². The maximum Gasteiger partial charge on any atom is 0.212 e. The van der Waals surface area contributed by atoms with Gasteiger partial charge in [0.15, 0.2) is 11.5 Å². The monoisotopic (exact) mass is 395 g/mol. The van der Waals surface area contributed by atoms with Crippen LogP contribution in [0.1, 0.15) is 38.7 Å². The molecule has 0 radical (unpaired) electrons. The van der Waals surface area contributed by atoms with Gasteiger partial charge in [-0.1, -0.05) is 19.9 Å². The van der Waals surface area contributed by atoms with Crippen molar-refractivity contribution in [2.45, 2.75) is 39.5 Å². The summed E-state index contributed by atoms with van der Waals surface area (Å²) in [5.41, 5.74) is -0.0265. The quantitative estimate of drug-likeness (QED) is 0.732. The van der Waals surface area contributed by atoms with E-state index in [0.29, 0.717) is 36.7 Å². The molecule has 2 fully saturated rings. The predicted molar refractivity (Wildman–Crippen MR) is 104 cm³/mol. The average molecular weight is 396 g/mol. The van der Waals surface area contributed by atoms with Crippen LogP contribution in [0.5, 0.6) is 11.5 Å². The summed E-state index contributed by atoms with van der Waals surface area (Å²) in [6.45, 7) is 4.38. The second-order valence-electron chi connectivity index (χ2n) is 8.26. The summed E-state index contributed by atoms with van der Waals surface area (Å²) < 4.78 is 38.6. The van der Waals surface area contributed by atoms with Crippen molar-refractivity contribution >= 4 is 15.8 Å². The molecular formula is C20H29NO5S. The first-order valence-corrected chi connectivity index (χ1v) is 11.0. The van der Waals surface area contributed by atoms with Gasteiger partial charge in [-0.25, -0.2) is 13.1 Å². The van der Waals surface area contributed by atoms with Crippen LogP contribution in [0.2, 0.25) is 0 Å². The van der Waals surface area contributed by atoms with E-state index in [2.05, 4.69) is 18.6 Å². The molecule has 0 aliphatic heterocycles. The van der Waals surface area contributed by atoms with E-state index in [1.54, 1.807) is 20.3 Å². The molecule has 0 heterocycles. The zero-order chi connectivity index (χ0) is 19.9. The molecule has 2 bridgehead atoms. The minimum Gasteiger partial charge on any atom is -0.493 e. The van der Waals surface area contributed by atoms with Crippen LogP contribution < -0.4 is 14.2 Å². The number of methoxy groups -OCH3 is 2. The van der Waals surface area contributed by atoms with Crippen LogP contribution in [-0.4, -0.2) is 40.7 Å². The molecule has 6 nitrogen and oxygen atoms in total. The molecule has 2 saturated carbocycles. The molecule has 27 heavy (non-hydrogen) atoms. The summed E-state index contributed by atoms with van der Waals surface area (Å²) in [5, 5.41) is 0. The Labute approximate surface area is 161 Å². The highest BCUT2D eigenvalue weighted by Crippen LogP contribution is 2.64. The number of hydrogen-bond acceptors (Lipinski definition) is 5. The van der Waals surface area contributed by atoms with Crippen LogP contribution in [0, 0.1) is 16.7 Å². The molecule has 2 atom stereocenters. The zero-order valence-electron chi connectivity index (χ0n) is 16.5. The van der Waals surface area contributed by atoms with Gasteiger partial charge in [0, 0.05) is 18.4 Å². The Kier molecular flexibility index (Phi) is 5.29. The van der Waals surface area contributed by atoms with Gasteiger partial charge in [0.1, 0.15) is 5.78 Å². The first-order chi connectivity index (χ1) is 12.6. The number of rotatable bonds is 8. The molecular weight excluding hydrogens is 366 g/mol. The molecule has 3 rings (SSSR count). The van der Waals surface area contributed by atoms with E-state index in [0.717, 1.165) is 12.0 Å². The minimum atomic E-state index is -3.54. The van der Waals surface area contributed by atoms with Crippen molar-refractivity contribution in [2.75, 3.05) is 26.5 Å². The summed E-state index contributed by atoms with van der Waals surface area (Å²) in [6, 6.07) is 5.54. The number of nitrogens with one attached hydrogen (secondary N) is 1. The highest BCUT2D eigenvalue weighted by molar-refractivity contribution is 7.89. The number of carbonyl (C=O) groups excluding carboxylic acids is 1. The maximum absolute atomic E-state index is 12.7. The second-order valence-corrected chi connectivity index (χ2v) is 10.1. The second kappa shape index (κ2) is 7.09. The Morgan fingerprint density at radius 2 is 1.89 bits per heavy atom. The van der Waals surface area contributed by atoms with Gasteiger partial charge in [0.25, 0.3) is 0 Å². The molecule has 1 N–H and O–H groups in total. The highest BCUT2D eigenvalue weighted by atomic mass is 32.2. The third-order valence-electron chi connectivity index (χ3n) is 6.76. The van der Waals surface area contributed by atoms with Crippen molar-refractivity contribution < 1.29 is 22.7 Å². The Bertz CT molecular complexity index is 833. The van der Waals surface area contributed by atoms with E-state index >= 15 is 0 Å². The van der Waals surface area contributed by atoms with Crippen molar-refractivity contribution in [1.29, 1.82) is 0 Å². The molecule has 7 heteroatoms. The molecule has 2 aliphatic carbocycles. The number of benzene rings is 1. The predicted octanol–water partition coefficient (Wildman–Crippen LogP) is 2.56. The van der Waals surface area contributed by atoms with E-state index in [1.165, 1.54) is 0 Å². The third-order valence-corrected chi connectivity index (χ3v) is 8.28. The first kappa shape index (κ1) is 20.1. The van der Waals surface area contributed by atoms with Crippen LogP contribution in [0.15, 0.2) is 18.2 Å². The molecule has 2 aliphatic rings. The molecule has 0 unspecified atom stereocenters. The summed E-state index contributed by atoms with van der Waals surface area (Å²) >= 11 is 0. The molecule has 0 amide bonds. The van der Waals surface area contributed by atoms with Gasteiger partial charge in [-0.3, -0.25) is 4.79 Å². The van der Waals surface area contributed by atoms with Gasteiger partial charge < -0.3 is 9.47 Å². The largest absolute Gasteiger partial charge is 0.493 e. The normalized spacial score (nSPS) is 26.4. The lowest BCUT2D eigenvalue weighted by Crippen LogP contribution is -2.45. The summed E-state index contributed by atoms with van der Waals surface area (Å²) in [5.74, 6) is 1.58. The van der Waals surface area contributed by atoms with Crippen LogP contribution in [-0.2, 0) is 21.2 Å². The Morgan fingerprint density at radius 1 is 1.19 bits per heavy atom. The van der Waals surface area contributed by atoms with Gasteiger partial charge >= 0.3 is 0 Å². The summed E-state index contributed by atoms with van der Waals surface area (Å²) in [6.07, 6.45) is 2.68. The van der Waals surface area contributed by atoms with Gasteiger partial charge in [-0.2, -0.15) is 0 Å². The SMILES string of the molecule is COc1ccc(CCNS(=O)(=O)C[C@@]23CC[C@H](CC2=O)C3(C)C)cc1OC. The number of ketones is 1. The molecule has 150 valence electrons. The van der Waals surface area contributed by atoms with Gasteiger partial charge in [-0.05, 0) is 48.3 Å². The highest BCUT2D eigenvalue weighted by Gasteiger charge is 2.65. The minimum absolute atomic E-state index is 0.103. The fourth-order valence-corrected chi connectivity index (χ4v) is 6.71. The average Bonchev–Trinajstić information content (AvgIpc) is 2.95. The third kappa shape index (κ3) is 3.47. The first-order valence-electron chi connectivity index (χ1n) is 9.37. The van der Waals surface area contributed by atoms with Crippen molar-refractivity contribution in [3.8, 4) is 11.5 Å². The summed E-state index contributed by atoms with van der Waals surface area (Å²) in [7, 11) is -0.396. The lowest BCUT2D eigenvalue weighted by Gasteiger charge is -2.36. The standard InChI is InChI=1S/C20H29NO5S/c1-19(2)15-7-9-20(19,18(22)12-15)13-27(23,24)21-10-8-14-5-6-16(25-3)17(11-14)26-4/h5-6,11,15,21H,7-10,12-13H2,1-4H3/t15-,20+/m1/s1. The van der Waals surface area contributed by atoms with Gasteiger partial charge in [-0.15, -0.1) is 0 Å². The molecule has 0 saturated heterocycles. The van der Waals surface area contributed by atoms with E-state index < -0.39 is 15.4 Å². The van der Waals surface area contributed by atoms with E-state index in [4.69, 9.17) is 9.47 Å². The number of hydrogen-bond donors (Lipinski definition) is 1. The topological polar surface area (TPSA) is 81.7 Å². The molecule has 0 spiro atoms. The summed E-state index contributed by atoms with van der Waals surface area (Å²) in [4.78, 5) is 12.6. The van der Waals surface area contributed by atoms with E-state index in [9.17, 15) is 13.2 Å². The Hall–Kier alpha value is -1.60. The Morgan fingerprint density at radius 3 is 2.44 bits per heavy atom. The molecule has 1 aromatic carbocycles. The van der Waals surface area contributed by atoms with Crippen LogP contribution in [0.4, 0.5) is 0 Å². The number of Topliss-reactive ketones (excluding diaryl/α,β-unsaturated/α-hetero) is 1. The number of fused-ring (bicyclic) bond motifs is 2. The van der Waals surface area contributed by atoms with Crippen LogP contribution in [0.25, 0.3) is 0 Å². The maximum atomic E-state index is 12.7.